The van der Waals surface area contributed by atoms with Crippen molar-refractivity contribution < 1.29 is 4.74 Å². The highest BCUT2D eigenvalue weighted by atomic mass is 79.9. The Bertz CT molecular complexity index is 595. The van der Waals surface area contributed by atoms with E-state index in [4.69, 9.17) is 10.5 Å². The van der Waals surface area contributed by atoms with Gasteiger partial charge in [0.2, 0.25) is 0 Å². The summed E-state index contributed by atoms with van der Waals surface area (Å²) in [5.74, 6) is 1.95. The van der Waals surface area contributed by atoms with Gasteiger partial charge in [-0.3, -0.25) is 0 Å². The first-order valence-corrected chi connectivity index (χ1v) is 8.71. The van der Waals surface area contributed by atoms with E-state index in [2.05, 4.69) is 54.0 Å². The maximum Gasteiger partial charge on any atom is 0.119 e. The molecule has 2 rings (SSSR count). The highest BCUT2D eigenvalue weighted by Crippen LogP contribution is 2.28. The van der Waals surface area contributed by atoms with Gasteiger partial charge in [0.1, 0.15) is 5.75 Å². The molecule has 0 unspecified atom stereocenters. The normalized spacial score (nSPS) is 10.6. The molecule has 0 saturated heterocycles. The fourth-order valence-electron chi connectivity index (χ4n) is 2.08. The van der Waals surface area contributed by atoms with E-state index in [1.165, 1.54) is 11.1 Å². The van der Waals surface area contributed by atoms with Crippen LogP contribution in [0, 0.1) is 13.8 Å². The molecule has 0 atom stereocenters. The minimum Gasteiger partial charge on any atom is -0.494 e. The van der Waals surface area contributed by atoms with Crippen molar-refractivity contribution in [3.63, 3.8) is 0 Å². The minimum absolute atomic E-state index is 0.726. The zero-order valence-electron chi connectivity index (χ0n) is 12.4. The van der Waals surface area contributed by atoms with E-state index in [-0.39, 0.29) is 0 Å². The molecule has 2 nitrogen and oxygen atoms in total. The van der Waals surface area contributed by atoms with Crippen molar-refractivity contribution in [1.29, 1.82) is 0 Å². The standard InChI is InChI=1S/C17H20BrNOS/c1-12-8-13(2)10-15(9-12)20-6-3-7-21-17-11-14(18)4-5-16(17)19/h4-5,8-11H,3,6-7,19H2,1-2H3. The molecule has 4 heteroatoms. The number of ether oxygens (including phenoxy) is 1. The van der Waals surface area contributed by atoms with Gasteiger partial charge in [0.15, 0.2) is 0 Å². The molecule has 0 radical (unpaired) electrons. The van der Waals surface area contributed by atoms with Gasteiger partial charge in [0, 0.05) is 20.8 Å². The molecule has 2 aromatic rings. The third-order valence-electron chi connectivity index (χ3n) is 2.99. The van der Waals surface area contributed by atoms with Gasteiger partial charge in [-0.2, -0.15) is 0 Å². The molecular formula is C17H20BrNOS. The predicted octanol–water partition coefficient (Wildman–Crippen LogP) is 5.21. The summed E-state index contributed by atoms with van der Waals surface area (Å²) < 4.78 is 6.87. The van der Waals surface area contributed by atoms with Gasteiger partial charge >= 0.3 is 0 Å². The third-order valence-corrected chi connectivity index (χ3v) is 4.64. The van der Waals surface area contributed by atoms with Gasteiger partial charge in [-0.05, 0) is 61.7 Å². The second-order valence-corrected chi connectivity index (χ2v) is 7.11. The SMILES string of the molecule is Cc1cc(C)cc(OCCCSc2cc(Br)ccc2N)c1. The van der Waals surface area contributed by atoms with E-state index in [0.717, 1.165) is 39.6 Å². The highest BCUT2D eigenvalue weighted by Gasteiger charge is 2.02. The molecule has 2 aromatic carbocycles. The summed E-state index contributed by atoms with van der Waals surface area (Å²) >= 11 is 5.24. The van der Waals surface area contributed by atoms with Crippen LogP contribution in [0.4, 0.5) is 5.69 Å². The molecule has 0 aliphatic heterocycles. The molecule has 0 aromatic heterocycles. The van der Waals surface area contributed by atoms with Crippen molar-refractivity contribution in [3.05, 3.63) is 52.0 Å². The molecule has 0 amide bonds. The number of thioether (sulfide) groups is 1. The number of hydrogen-bond donors (Lipinski definition) is 1. The van der Waals surface area contributed by atoms with Crippen LogP contribution >= 0.6 is 27.7 Å². The lowest BCUT2D eigenvalue weighted by Crippen LogP contribution is -1.99. The molecule has 0 saturated carbocycles. The number of rotatable bonds is 6. The molecule has 0 heterocycles. The summed E-state index contributed by atoms with van der Waals surface area (Å²) in [5.41, 5.74) is 9.26. The Kier molecular flexibility index (Phi) is 6.00. The summed E-state index contributed by atoms with van der Waals surface area (Å²) in [6.45, 7) is 4.90. The van der Waals surface area contributed by atoms with Gasteiger partial charge in [-0.25, -0.2) is 0 Å². The first-order valence-electron chi connectivity index (χ1n) is 6.93. The highest BCUT2D eigenvalue weighted by molar-refractivity contribution is 9.10. The second kappa shape index (κ2) is 7.76. The topological polar surface area (TPSA) is 35.2 Å². The Hall–Kier alpha value is -1.13. The monoisotopic (exact) mass is 365 g/mol. The number of nitrogens with two attached hydrogens (primary N) is 1. The van der Waals surface area contributed by atoms with Crippen LogP contribution in [-0.4, -0.2) is 12.4 Å². The summed E-state index contributed by atoms with van der Waals surface area (Å²) in [6, 6.07) is 12.3. The first-order chi connectivity index (χ1) is 10.0. The Labute approximate surface area is 139 Å². The van der Waals surface area contributed by atoms with E-state index in [0.29, 0.717) is 0 Å². The lowest BCUT2D eigenvalue weighted by Gasteiger charge is -2.09. The van der Waals surface area contributed by atoms with Crippen molar-refractivity contribution in [1.82, 2.24) is 0 Å². The Morgan fingerprint density at radius 2 is 1.81 bits per heavy atom. The van der Waals surface area contributed by atoms with Crippen molar-refractivity contribution in [2.45, 2.75) is 25.2 Å². The van der Waals surface area contributed by atoms with Crippen LogP contribution in [0.5, 0.6) is 5.75 Å². The number of anilines is 1. The Balaban J connectivity index is 1.76. The molecule has 21 heavy (non-hydrogen) atoms. The smallest absolute Gasteiger partial charge is 0.119 e. The van der Waals surface area contributed by atoms with Crippen LogP contribution in [0.25, 0.3) is 0 Å². The second-order valence-electron chi connectivity index (χ2n) is 5.06. The van der Waals surface area contributed by atoms with Crippen LogP contribution in [0.15, 0.2) is 45.8 Å². The van der Waals surface area contributed by atoms with Gasteiger partial charge in [0.05, 0.1) is 6.61 Å². The molecule has 0 spiro atoms. The molecule has 112 valence electrons. The summed E-state index contributed by atoms with van der Waals surface area (Å²) in [4.78, 5) is 1.12. The third kappa shape index (κ3) is 5.29. The van der Waals surface area contributed by atoms with Crippen LogP contribution in [-0.2, 0) is 0 Å². The summed E-state index contributed by atoms with van der Waals surface area (Å²) in [6.07, 6.45) is 0.990. The molecule has 0 bridgehead atoms. The zero-order chi connectivity index (χ0) is 15.2. The number of nitrogen functional groups attached to an aromatic ring is 1. The van der Waals surface area contributed by atoms with Crippen molar-refractivity contribution in [2.75, 3.05) is 18.1 Å². The van der Waals surface area contributed by atoms with Crippen LogP contribution in [0.3, 0.4) is 0 Å². The van der Waals surface area contributed by atoms with E-state index >= 15 is 0 Å². The van der Waals surface area contributed by atoms with Crippen LogP contribution in [0.1, 0.15) is 17.5 Å². The lowest BCUT2D eigenvalue weighted by atomic mass is 10.1. The number of halogens is 1. The fraction of sp³-hybridized carbons (Fsp3) is 0.294. The number of hydrogen-bond acceptors (Lipinski definition) is 3. The number of aryl methyl sites for hydroxylation is 2. The summed E-state index contributed by atoms with van der Waals surface area (Å²) in [7, 11) is 0. The number of benzene rings is 2. The summed E-state index contributed by atoms with van der Waals surface area (Å²) in [5, 5.41) is 0. The zero-order valence-corrected chi connectivity index (χ0v) is 14.8. The minimum atomic E-state index is 0.726. The van der Waals surface area contributed by atoms with Crippen molar-refractivity contribution in [2.24, 2.45) is 0 Å². The van der Waals surface area contributed by atoms with Crippen LogP contribution in [0.2, 0.25) is 0 Å². The molecule has 0 aliphatic rings. The van der Waals surface area contributed by atoms with Gasteiger partial charge in [-0.15, -0.1) is 11.8 Å². The van der Waals surface area contributed by atoms with E-state index < -0.39 is 0 Å². The first kappa shape index (κ1) is 16.2. The van der Waals surface area contributed by atoms with E-state index in [9.17, 15) is 0 Å². The van der Waals surface area contributed by atoms with Gasteiger partial charge in [0.25, 0.3) is 0 Å². The van der Waals surface area contributed by atoms with Crippen LogP contribution < -0.4 is 10.5 Å². The fourth-order valence-corrected chi connectivity index (χ4v) is 3.52. The van der Waals surface area contributed by atoms with E-state index in [1.54, 1.807) is 11.8 Å². The predicted molar refractivity (Wildman–Crippen MR) is 95.3 cm³/mol. The Morgan fingerprint density at radius 3 is 2.52 bits per heavy atom. The molecule has 0 aliphatic carbocycles. The molecule has 0 fully saturated rings. The molecule has 2 N–H and O–H groups in total. The van der Waals surface area contributed by atoms with Gasteiger partial charge in [-0.1, -0.05) is 22.0 Å². The lowest BCUT2D eigenvalue weighted by molar-refractivity contribution is 0.318. The van der Waals surface area contributed by atoms with Crippen molar-refractivity contribution >= 4 is 33.4 Å². The average molecular weight is 366 g/mol. The van der Waals surface area contributed by atoms with Gasteiger partial charge < -0.3 is 10.5 Å². The maximum atomic E-state index is 5.96. The van der Waals surface area contributed by atoms with E-state index in [1.807, 2.05) is 12.1 Å². The average Bonchev–Trinajstić information content (AvgIpc) is 2.41. The largest absolute Gasteiger partial charge is 0.494 e. The maximum absolute atomic E-state index is 5.96. The van der Waals surface area contributed by atoms with Crippen molar-refractivity contribution in [3.8, 4) is 5.75 Å². The quantitative estimate of drug-likeness (QED) is 0.433. The molecular weight excluding hydrogens is 346 g/mol. The Morgan fingerprint density at radius 1 is 1.10 bits per heavy atom.